The highest BCUT2D eigenvalue weighted by Gasteiger charge is 2.25. The van der Waals surface area contributed by atoms with Crippen LogP contribution in [-0.4, -0.2) is 55.8 Å². The van der Waals surface area contributed by atoms with Gasteiger partial charge in [0.1, 0.15) is 0 Å². The summed E-state index contributed by atoms with van der Waals surface area (Å²) in [5.74, 6) is -0.119. The minimum atomic E-state index is -0.124. The fourth-order valence-electron chi connectivity index (χ4n) is 4.12. The number of amides is 2. The molecular weight excluding hydrogens is 404 g/mol. The molecule has 0 atom stereocenters. The van der Waals surface area contributed by atoms with E-state index in [-0.39, 0.29) is 17.9 Å². The van der Waals surface area contributed by atoms with Gasteiger partial charge in [-0.05, 0) is 63.1 Å². The summed E-state index contributed by atoms with van der Waals surface area (Å²) in [5.41, 5.74) is 6.16. The van der Waals surface area contributed by atoms with Crippen molar-refractivity contribution in [2.45, 2.75) is 32.7 Å². The van der Waals surface area contributed by atoms with Gasteiger partial charge in [-0.2, -0.15) is 0 Å². The third-order valence-corrected chi connectivity index (χ3v) is 6.12. The average Bonchev–Trinajstić information content (AvgIpc) is 3.27. The molecule has 1 fully saturated rings. The Morgan fingerprint density at radius 3 is 2.41 bits per heavy atom. The van der Waals surface area contributed by atoms with Gasteiger partial charge in [0.2, 0.25) is 0 Å². The fourth-order valence-corrected chi connectivity index (χ4v) is 4.12. The molecule has 162 valence electrons. The number of rotatable bonds is 3. The quantitative estimate of drug-likeness (QED) is 0.522. The lowest BCUT2D eigenvalue weighted by Crippen LogP contribution is -2.46. The van der Waals surface area contributed by atoms with Crippen LogP contribution in [0.4, 0.5) is 0 Å². The molecule has 1 saturated heterocycles. The lowest BCUT2D eigenvalue weighted by molar-refractivity contribution is 0.0698. The van der Waals surface area contributed by atoms with Gasteiger partial charge >= 0.3 is 0 Å². The number of hydrogen-bond donors (Lipinski definition) is 2. The molecule has 8 heteroatoms. The molecule has 0 saturated carbocycles. The Hall–Kier alpha value is -3.81. The van der Waals surface area contributed by atoms with E-state index in [0.717, 1.165) is 46.3 Å². The van der Waals surface area contributed by atoms with Crippen LogP contribution in [0.3, 0.4) is 0 Å². The van der Waals surface area contributed by atoms with Crippen LogP contribution in [0.1, 0.15) is 44.9 Å². The Morgan fingerprint density at radius 2 is 1.62 bits per heavy atom. The van der Waals surface area contributed by atoms with E-state index in [9.17, 15) is 9.59 Å². The number of piperidine rings is 1. The number of aromatic amines is 1. The minimum absolute atomic E-state index is 0.00467. The standard InChI is InChI=1S/C24H24N6O2/c1-14-15(2)28-22-11-16(3-6-20(22)27-14)23(31)29-18-7-9-30(10-8-18)24(32)17-4-5-19-21(12-17)26-13-25-19/h3-6,11-13,18H,7-10H2,1-2H3,(H,25,26)(H,29,31). The van der Waals surface area contributed by atoms with E-state index >= 15 is 0 Å². The van der Waals surface area contributed by atoms with Crippen LogP contribution in [0.5, 0.6) is 0 Å². The number of fused-ring (bicyclic) bond motifs is 2. The second-order valence-electron chi connectivity index (χ2n) is 8.27. The van der Waals surface area contributed by atoms with E-state index in [4.69, 9.17) is 0 Å². The highest BCUT2D eigenvalue weighted by molar-refractivity contribution is 5.98. The molecular formula is C24H24N6O2. The first-order chi connectivity index (χ1) is 15.5. The van der Waals surface area contributed by atoms with Gasteiger partial charge in [-0.25, -0.2) is 15.0 Å². The van der Waals surface area contributed by atoms with E-state index in [2.05, 4.69) is 25.3 Å². The van der Waals surface area contributed by atoms with Crippen LogP contribution < -0.4 is 5.32 Å². The molecule has 4 aromatic rings. The van der Waals surface area contributed by atoms with Crippen LogP contribution in [0.2, 0.25) is 0 Å². The number of imidazole rings is 1. The molecule has 8 nitrogen and oxygen atoms in total. The summed E-state index contributed by atoms with van der Waals surface area (Å²) in [5, 5.41) is 3.11. The number of hydrogen-bond acceptors (Lipinski definition) is 5. The van der Waals surface area contributed by atoms with Crippen LogP contribution in [0, 0.1) is 13.8 Å². The molecule has 2 amide bonds. The van der Waals surface area contributed by atoms with Crippen molar-refractivity contribution < 1.29 is 9.59 Å². The molecule has 1 aliphatic heterocycles. The summed E-state index contributed by atoms with van der Waals surface area (Å²) in [6, 6.07) is 10.9. The lowest BCUT2D eigenvalue weighted by Gasteiger charge is -2.32. The summed E-state index contributed by atoms with van der Waals surface area (Å²) in [6.45, 7) is 5.05. The van der Waals surface area contributed by atoms with Crippen molar-refractivity contribution >= 4 is 33.9 Å². The third-order valence-electron chi connectivity index (χ3n) is 6.12. The summed E-state index contributed by atoms with van der Waals surface area (Å²) in [7, 11) is 0. The number of aromatic nitrogens is 4. The molecule has 0 bridgehead atoms. The molecule has 32 heavy (non-hydrogen) atoms. The zero-order valence-electron chi connectivity index (χ0n) is 18.1. The van der Waals surface area contributed by atoms with Crippen LogP contribution in [-0.2, 0) is 0 Å². The molecule has 2 N–H and O–H groups in total. The maximum absolute atomic E-state index is 12.9. The van der Waals surface area contributed by atoms with Gasteiger partial charge in [0.25, 0.3) is 11.8 Å². The second-order valence-corrected chi connectivity index (χ2v) is 8.27. The normalized spacial score (nSPS) is 14.8. The number of nitrogens with one attached hydrogen (secondary N) is 2. The van der Waals surface area contributed by atoms with Gasteiger partial charge in [0.05, 0.1) is 39.8 Å². The van der Waals surface area contributed by atoms with Crippen molar-refractivity contribution in [3.05, 3.63) is 65.2 Å². The molecule has 3 heterocycles. The predicted octanol–water partition coefficient (Wildman–Crippen LogP) is 3.16. The van der Waals surface area contributed by atoms with E-state index in [1.165, 1.54) is 0 Å². The molecule has 0 unspecified atom stereocenters. The first-order valence-electron chi connectivity index (χ1n) is 10.8. The van der Waals surface area contributed by atoms with Gasteiger partial charge < -0.3 is 15.2 Å². The van der Waals surface area contributed by atoms with Gasteiger partial charge in [0.15, 0.2) is 0 Å². The lowest BCUT2D eigenvalue weighted by atomic mass is 10.0. The first-order valence-corrected chi connectivity index (χ1v) is 10.8. The zero-order chi connectivity index (χ0) is 22.2. The Balaban J connectivity index is 1.21. The van der Waals surface area contributed by atoms with Crippen LogP contribution in [0.15, 0.2) is 42.7 Å². The van der Waals surface area contributed by atoms with Crippen molar-refractivity contribution in [1.82, 2.24) is 30.2 Å². The third kappa shape index (κ3) is 3.79. The number of carbonyl (C=O) groups excluding carboxylic acids is 2. The van der Waals surface area contributed by atoms with Gasteiger partial charge in [0, 0.05) is 30.3 Å². The molecule has 5 rings (SSSR count). The van der Waals surface area contributed by atoms with Crippen molar-refractivity contribution in [2.75, 3.05) is 13.1 Å². The number of likely N-dealkylation sites (tertiary alicyclic amines) is 1. The number of benzene rings is 2. The van der Waals surface area contributed by atoms with Crippen molar-refractivity contribution in [3.63, 3.8) is 0 Å². The SMILES string of the molecule is Cc1nc2ccc(C(=O)NC3CCN(C(=O)c4ccc5nc[nH]c5c4)CC3)cc2nc1C. The van der Waals surface area contributed by atoms with Gasteiger partial charge in [-0.3, -0.25) is 9.59 Å². The number of carbonyl (C=O) groups is 2. The summed E-state index contributed by atoms with van der Waals surface area (Å²) in [4.78, 5) is 43.8. The Kier molecular flexibility index (Phi) is 5.05. The smallest absolute Gasteiger partial charge is 0.253 e. The van der Waals surface area contributed by atoms with Crippen molar-refractivity contribution in [1.29, 1.82) is 0 Å². The van der Waals surface area contributed by atoms with Gasteiger partial charge in [-0.15, -0.1) is 0 Å². The Bertz CT molecular complexity index is 1340. The van der Waals surface area contributed by atoms with Crippen LogP contribution >= 0.6 is 0 Å². The highest BCUT2D eigenvalue weighted by atomic mass is 16.2. The highest BCUT2D eigenvalue weighted by Crippen LogP contribution is 2.19. The molecule has 0 aliphatic carbocycles. The Morgan fingerprint density at radius 1 is 0.938 bits per heavy atom. The Labute approximate surface area is 185 Å². The van der Waals surface area contributed by atoms with E-state index in [1.807, 2.05) is 43.0 Å². The van der Waals surface area contributed by atoms with Crippen molar-refractivity contribution in [3.8, 4) is 0 Å². The van der Waals surface area contributed by atoms with E-state index < -0.39 is 0 Å². The molecule has 2 aromatic carbocycles. The number of nitrogens with zero attached hydrogens (tertiary/aromatic N) is 4. The monoisotopic (exact) mass is 428 g/mol. The first kappa shape index (κ1) is 20.1. The maximum atomic E-state index is 12.9. The molecule has 0 spiro atoms. The van der Waals surface area contributed by atoms with E-state index in [1.54, 1.807) is 18.5 Å². The predicted molar refractivity (Wildman–Crippen MR) is 121 cm³/mol. The number of aryl methyl sites for hydroxylation is 2. The van der Waals surface area contributed by atoms with Crippen molar-refractivity contribution in [2.24, 2.45) is 0 Å². The van der Waals surface area contributed by atoms with Gasteiger partial charge in [-0.1, -0.05) is 0 Å². The molecule has 1 aliphatic rings. The fraction of sp³-hybridized carbons (Fsp3) is 0.292. The number of H-pyrrole nitrogens is 1. The average molecular weight is 428 g/mol. The maximum Gasteiger partial charge on any atom is 0.253 e. The summed E-state index contributed by atoms with van der Waals surface area (Å²) >= 11 is 0. The summed E-state index contributed by atoms with van der Waals surface area (Å²) in [6.07, 6.45) is 3.06. The summed E-state index contributed by atoms with van der Waals surface area (Å²) < 4.78 is 0. The minimum Gasteiger partial charge on any atom is -0.349 e. The van der Waals surface area contributed by atoms with Crippen LogP contribution in [0.25, 0.3) is 22.1 Å². The molecule has 2 aromatic heterocycles. The second kappa shape index (κ2) is 8.03. The topological polar surface area (TPSA) is 104 Å². The largest absolute Gasteiger partial charge is 0.349 e. The van der Waals surface area contributed by atoms with E-state index in [0.29, 0.717) is 24.2 Å². The zero-order valence-corrected chi connectivity index (χ0v) is 18.1. The molecule has 0 radical (unpaired) electrons.